The number of carbonyl (C=O) groups is 1. The predicted octanol–water partition coefficient (Wildman–Crippen LogP) is 8.24. The molecule has 1 rings (SSSR count). The second-order valence-electron chi connectivity index (χ2n) is 6.79. The first-order chi connectivity index (χ1) is 14.2. The smallest absolute Gasteiger partial charge is 0.328 e. The zero-order valence-electron chi connectivity index (χ0n) is 18.2. The molecule has 158 valence electrons. The van der Waals surface area contributed by atoms with Crippen molar-refractivity contribution in [3.05, 3.63) is 84.5 Å². The molecule has 0 saturated heterocycles. The molecule has 1 aromatic rings. The fourth-order valence-corrected chi connectivity index (χ4v) is 2.66. The summed E-state index contributed by atoms with van der Waals surface area (Å²) in [7, 11) is 0. The molecule has 0 atom stereocenters. The lowest BCUT2D eigenvalue weighted by Crippen LogP contribution is -1.86. The van der Waals surface area contributed by atoms with Gasteiger partial charge in [-0.1, -0.05) is 112 Å². The molecule has 29 heavy (non-hydrogen) atoms. The first-order valence-electron chi connectivity index (χ1n) is 10.7. The van der Waals surface area contributed by atoms with Gasteiger partial charge >= 0.3 is 5.97 Å². The van der Waals surface area contributed by atoms with Gasteiger partial charge in [-0.2, -0.15) is 0 Å². The Labute approximate surface area is 178 Å². The lowest BCUT2D eigenvalue weighted by Gasteiger charge is -1.99. The maximum Gasteiger partial charge on any atom is 0.328 e. The van der Waals surface area contributed by atoms with E-state index in [1.54, 1.807) is 12.2 Å². The topological polar surface area (TPSA) is 37.3 Å². The normalized spacial score (nSPS) is 11.4. The van der Waals surface area contributed by atoms with E-state index in [0.717, 1.165) is 23.6 Å². The molecule has 0 radical (unpaired) electrons. The van der Waals surface area contributed by atoms with Crippen LogP contribution in [0.2, 0.25) is 0 Å². The summed E-state index contributed by atoms with van der Waals surface area (Å²) >= 11 is 0. The molecule has 0 heterocycles. The van der Waals surface area contributed by atoms with Crippen LogP contribution < -0.4 is 0 Å². The highest BCUT2D eigenvalue weighted by Gasteiger charge is 1.94. The maximum absolute atomic E-state index is 10.6. The molecule has 0 spiro atoms. The van der Waals surface area contributed by atoms with Crippen molar-refractivity contribution in [1.29, 1.82) is 0 Å². The van der Waals surface area contributed by atoms with Gasteiger partial charge in [-0.25, -0.2) is 4.79 Å². The van der Waals surface area contributed by atoms with Crippen LogP contribution in [0.4, 0.5) is 0 Å². The third-order valence-electron chi connectivity index (χ3n) is 4.12. The zero-order valence-corrected chi connectivity index (χ0v) is 18.2. The molecule has 1 aromatic carbocycles. The first-order valence-corrected chi connectivity index (χ1v) is 10.7. The molecule has 2 heteroatoms. The summed E-state index contributed by atoms with van der Waals surface area (Å²) in [6.07, 6.45) is 27.4. The van der Waals surface area contributed by atoms with Gasteiger partial charge in [-0.05, 0) is 37.0 Å². The molecule has 0 fully saturated rings. The molecule has 1 N–H and O–H groups in total. The predicted molar refractivity (Wildman–Crippen MR) is 129 cm³/mol. The number of hydrogen-bond donors (Lipinski definition) is 1. The second-order valence-corrected chi connectivity index (χ2v) is 6.79. The number of hydrogen-bond acceptors (Lipinski definition) is 1. The minimum Gasteiger partial charge on any atom is -0.478 e. The Bertz CT molecular complexity index is 663. The number of rotatable bonds is 13. The minimum atomic E-state index is -0.935. The molecule has 0 aromatic heterocycles. The summed E-state index contributed by atoms with van der Waals surface area (Å²) in [5, 5.41) is 8.74. The lowest BCUT2D eigenvalue weighted by molar-refractivity contribution is -0.131. The number of allylic oxidation sites excluding steroid dienone is 6. The number of benzene rings is 1. The average molecular weight is 395 g/mol. The Balaban J connectivity index is 0.00000245. The van der Waals surface area contributed by atoms with Crippen LogP contribution in [0.1, 0.15) is 76.3 Å². The zero-order chi connectivity index (χ0) is 21.6. The van der Waals surface area contributed by atoms with Crippen LogP contribution in [-0.4, -0.2) is 11.1 Å². The third kappa shape index (κ3) is 17.2. The highest BCUT2D eigenvalue weighted by atomic mass is 16.4. The Hall–Kier alpha value is -2.61. The van der Waals surface area contributed by atoms with Crippen LogP contribution in [0, 0.1) is 0 Å². The molecule has 0 saturated carbocycles. The van der Waals surface area contributed by atoms with Crippen molar-refractivity contribution in [2.75, 3.05) is 0 Å². The highest BCUT2D eigenvalue weighted by molar-refractivity contribution is 5.86. The van der Waals surface area contributed by atoms with Crippen molar-refractivity contribution >= 4 is 18.1 Å². The third-order valence-corrected chi connectivity index (χ3v) is 4.12. The van der Waals surface area contributed by atoms with Gasteiger partial charge in [0.2, 0.25) is 0 Å². The Morgan fingerprint density at radius 2 is 1.45 bits per heavy atom. The van der Waals surface area contributed by atoms with Crippen molar-refractivity contribution in [3.63, 3.8) is 0 Å². The quantitative estimate of drug-likeness (QED) is 0.158. The van der Waals surface area contributed by atoms with Crippen LogP contribution in [-0.2, 0) is 4.79 Å². The lowest BCUT2D eigenvalue weighted by atomic mass is 10.1. The van der Waals surface area contributed by atoms with Crippen LogP contribution in [0.25, 0.3) is 12.2 Å². The molecular weight excluding hydrogens is 356 g/mol. The van der Waals surface area contributed by atoms with Crippen LogP contribution in [0.5, 0.6) is 0 Å². The van der Waals surface area contributed by atoms with Crippen molar-refractivity contribution in [1.82, 2.24) is 0 Å². The Morgan fingerprint density at radius 1 is 0.897 bits per heavy atom. The van der Waals surface area contributed by atoms with Gasteiger partial charge in [0.15, 0.2) is 0 Å². The molecule has 0 aliphatic carbocycles. The largest absolute Gasteiger partial charge is 0.478 e. The van der Waals surface area contributed by atoms with Gasteiger partial charge in [0.25, 0.3) is 0 Å². The van der Waals surface area contributed by atoms with E-state index in [1.807, 2.05) is 55.5 Å². The SMILES string of the molecule is C=CC.CCCCCCCCCC=CC=CC=Cc1ccccc1C=CC(=O)O. The Morgan fingerprint density at radius 3 is 2.07 bits per heavy atom. The van der Waals surface area contributed by atoms with E-state index >= 15 is 0 Å². The summed E-state index contributed by atoms with van der Waals surface area (Å²) < 4.78 is 0. The molecule has 0 amide bonds. The second kappa shape index (κ2) is 20.1. The van der Waals surface area contributed by atoms with Gasteiger partial charge in [-0.15, -0.1) is 6.58 Å². The summed E-state index contributed by atoms with van der Waals surface area (Å²) in [5.41, 5.74) is 1.90. The summed E-state index contributed by atoms with van der Waals surface area (Å²) in [6.45, 7) is 7.50. The van der Waals surface area contributed by atoms with Gasteiger partial charge in [0.05, 0.1) is 0 Å². The van der Waals surface area contributed by atoms with E-state index in [0.29, 0.717) is 0 Å². The molecule has 0 aliphatic rings. The van der Waals surface area contributed by atoms with Crippen LogP contribution in [0.3, 0.4) is 0 Å². The van der Waals surface area contributed by atoms with Crippen molar-refractivity contribution < 1.29 is 9.90 Å². The van der Waals surface area contributed by atoms with E-state index in [9.17, 15) is 4.79 Å². The summed E-state index contributed by atoms with van der Waals surface area (Å²) in [4.78, 5) is 10.6. The molecule has 0 aliphatic heterocycles. The summed E-state index contributed by atoms with van der Waals surface area (Å²) in [6, 6.07) is 7.73. The van der Waals surface area contributed by atoms with Gasteiger partial charge < -0.3 is 5.11 Å². The van der Waals surface area contributed by atoms with Crippen LogP contribution in [0.15, 0.2) is 73.4 Å². The fourth-order valence-electron chi connectivity index (χ4n) is 2.66. The number of aliphatic carboxylic acids is 1. The summed E-state index contributed by atoms with van der Waals surface area (Å²) in [5.74, 6) is -0.935. The molecular formula is C27H38O2. The van der Waals surface area contributed by atoms with E-state index in [4.69, 9.17) is 5.11 Å². The van der Waals surface area contributed by atoms with E-state index in [1.165, 1.54) is 44.9 Å². The molecule has 0 bridgehead atoms. The number of unbranched alkanes of at least 4 members (excludes halogenated alkanes) is 7. The number of carboxylic acids is 1. The van der Waals surface area contributed by atoms with E-state index in [-0.39, 0.29) is 0 Å². The Kier molecular flexibility index (Phi) is 18.3. The molecule has 2 nitrogen and oxygen atoms in total. The maximum atomic E-state index is 10.6. The van der Waals surface area contributed by atoms with E-state index < -0.39 is 5.97 Å². The van der Waals surface area contributed by atoms with E-state index in [2.05, 4.69) is 25.7 Å². The van der Waals surface area contributed by atoms with Crippen molar-refractivity contribution in [3.8, 4) is 0 Å². The van der Waals surface area contributed by atoms with Gasteiger partial charge in [-0.3, -0.25) is 0 Å². The van der Waals surface area contributed by atoms with Gasteiger partial charge in [0.1, 0.15) is 0 Å². The van der Waals surface area contributed by atoms with Crippen molar-refractivity contribution in [2.45, 2.75) is 65.2 Å². The monoisotopic (exact) mass is 394 g/mol. The number of carboxylic acid groups (broad SMARTS) is 1. The standard InChI is InChI=1S/C24H32O2.C3H6/c1-2-3-4-5-6-7-8-9-10-11-12-13-14-17-22-18-15-16-19-23(22)20-21-24(25)26;1-3-2/h10-21H,2-9H2,1H3,(H,25,26);3H,1H2,2H3. The van der Waals surface area contributed by atoms with Crippen LogP contribution >= 0.6 is 0 Å². The van der Waals surface area contributed by atoms with Gasteiger partial charge in [0, 0.05) is 6.08 Å². The highest BCUT2D eigenvalue weighted by Crippen LogP contribution is 2.13. The van der Waals surface area contributed by atoms with Crippen molar-refractivity contribution in [2.24, 2.45) is 0 Å². The first kappa shape index (κ1) is 26.4. The average Bonchev–Trinajstić information content (AvgIpc) is 2.71. The minimum absolute atomic E-state index is 0.897. The fraction of sp³-hybridized carbons (Fsp3) is 0.370. The molecule has 0 unspecified atom stereocenters.